The van der Waals surface area contributed by atoms with Crippen molar-refractivity contribution in [3.63, 3.8) is 0 Å². The van der Waals surface area contributed by atoms with E-state index in [0.29, 0.717) is 43.0 Å². The first-order chi connectivity index (χ1) is 13.9. The fraction of sp³-hybridized carbons (Fsp3) is 0.286. The van der Waals surface area contributed by atoms with Crippen LogP contribution in [-0.2, 0) is 11.8 Å². The van der Waals surface area contributed by atoms with Gasteiger partial charge >= 0.3 is 0 Å². The van der Waals surface area contributed by atoms with Crippen LogP contribution in [0, 0.1) is 11.7 Å². The van der Waals surface area contributed by atoms with E-state index in [1.165, 1.54) is 12.1 Å². The summed E-state index contributed by atoms with van der Waals surface area (Å²) < 4.78 is 16.9. The molecule has 0 radical (unpaired) electrons. The second kappa shape index (κ2) is 7.54. The normalized spacial score (nSPS) is 14.9. The van der Waals surface area contributed by atoms with E-state index in [1.54, 1.807) is 27.8 Å². The van der Waals surface area contributed by atoms with Crippen LogP contribution in [0.25, 0.3) is 17.1 Å². The second-order valence-electron chi connectivity index (χ2n) is 7.28. The monoisotopic (exact) mass is 395 g/mol. The van der Waals surface area contributed by atoms with Gasteiger partial charge in [-0.25, -0.2) is 9.07 Å². The van der Waals surface area contributed by atoms with Gasteiger partial charge in [0.25, 0.3) is 5.91 Å². The van der Waals surface area contributed by atoms with Crippen LogP contribution in [0.5, 0.6) is 0 Å². The SMILES string of the molecule is Cn1cccc1-c1cc(C(=O)N2CCC(C(N)=O)CC2)n(-c2ccc(F)cc2)n1. The highest BCUT2D eigenvalue weighted by Crippen LogP contribution is 2.25. The molecule has 1 aromatic carbocycles. The van der Waals surface area contributed by atoms with Crippen LogP contribution in [0.3, 0.4) is 0 Å². The molecule has 0 bridgehead atoms. The average Bonchev–Trinajstić information content (AvgIpc) is 3.34. The van der Waals surface area contributed by atoms with Gasteiger partial charge in [0.1, 0.15) is 17.2 Å². The summed E-state index contributed by atoms with van der Waals surface area (Å²) in [7, 11) is 1.91. The van der Waals surface area contributed by atoms with Gasteiger partial charge in [-0.2, -0.15) is 5.10 Å². The third kappa shape index (κ3) is 3.65. The quantitative estimate of drug-likeness (QED) is 0.736. The van der Waals surface area contributed by atoms with Crippen LogP contribution in [-0.4, -0.2) is 44.2 Å². The van der Waals surface area contributed by atoms with Gasteiger partial charge in [-0.1, -0.05) is 0 Å². The third-order valence-corrected chi connectivity index (χ3v) is 5.39. The Morgan fingerprint density at radius 1 is 1.14 bits per heavy atom. The summed E-state index contributed by atoms with van der Waals surface area (Å²) in [5.74, 6) is -1.05. The Balaban J connectivity index is 1.70. The molecule has 3 heterocycles. The van der Waals surface area contributed by atoms with E-state index in [2.05, 4.69) is 5.10 Å². The molecular weight excluding hydrogens is 373 g/mol. The van der Waals surface area contributed by atoms with E-state index in [1.807, 2.05) is 29.9 Å². The molecule has 2 aromatic heterocycles. The van der Waals surface area contributed by atoms with Gasteiger partial charge in [-0.3, -0.25) is 9.59 Å². The number of aromatic nitrogens is 3. The number of hydrogen-bond acceptors (Lipinski definition) is 3. The summed E-state index contributed by atoms with van der Waals surface area (Å²) in [4.78, 5) is 26.4. The van der Waals surface area contributed by atoms with E-state index in [-0.39, 0.29) is 23.5 Å². The minimum Gasteiger partial charge on any atom is -0.369 e. The fourth-order valence-electron chi connectivity index (χ4n) is 3.69. The maximum Gasteiger partial charge on any atom is 0.272 e. The molecule has 1 aliphatic heterocycles. The van der Waals surface area contributed by atoms with E-state index < -0.39 is 0 Å². The number of rotatable bonds is 4. The molecule has 2 N–H and O–H groups in total. The minimum atomic E-state index is -0.357. The zero-order chi connectivity index (χ0) is 20.5. The Kier molecular flexibility index (Phi) is 4.92. The lowest BCUT2D eigenvalue weighted by Gasteiger charge is -2.30. The number of carbonyl (C=O) groups excluding carboxylic acids is 2. The molecule has 3 aromatic rings. The van der Waals surface area contributed by atoms with Gasteiger partial charge in [-0.15, -0.1) is 0 Å². The second-order valence-corrected chi connectivity index (χ2v) is 7.28. The van der Waals surface area contributed by atoms with Crippen molar-refractivity contribution < 1.29 is 14.0 Å². The predicted octanol–water partition coefficient (Wildman–Crippen LogP) is 2.35. The van der Waals surface area contributed by atoms with Crippen LogP contribution < -0.4 is 5.73 Å². The number of carbonyl (C=O) groups is 2. The smallest absolute Gasteiger partial charge is 0.272 e. The highest BCUT2D eigenvalue weighted by atomic mass is 19.1. The van der Waals surface area contributed by atoms with Crippen molar-refractivity contribution in [2.24, 2.45) is 18.7 Å². The van der Waals surface area contributed by atoms with Gasteiger partial charge in [0, 0.05) is 32.3 Å². The maximum atomic E-state index is 13.4. The van der Waals surface area contributed by atoms with Crippen molar-refractivity contribution in [2.75, 3.05) is 13.1 Å². The molecule has 7 nitrogen and oxygen atoms in total. The van der Waals surface area contributed by atoms with Crippen molar-refractivity contribution in [2.45, 2.75) is 12.8 Å². The zero-order valence-electron chi connectivity index (χ0n) is 16.1. The molecule has 0 saturated carbocycles. The Morgan fingerprint density at radius 2 is 1.83 bits per heavy atom. The van der Waals surface area contributed by atoms with Crippen LogP contribution in [0.1, 0.15) is 23.3 Å². The summed E-state index contributed by atoms with van der Waals surface area (Å²) in [5, 5.41) is 4.62. The Morgan fingerprint density at radius 3 is 2.41 bits per heavy atom. The number of benzene rings is 1. The van der Waals surface area contributed by atoms with E-state index in [9.17, 15) is 14.0 Å². The summed E-state index contributed by atoms with van der Waals surface area (Å²) in [6, 6.07) is 11.4. The molecule has 4 rings (SSSR count). The number of aryl methyl sites for hydroxylation is 1. The van der Waals surface area contributed by atoms with Crippen molar-refractivity contribution in [1.29, 1.82) is 0 Å². The number of likely N-dealkylation sites (tertiary alicyclic amines) is 1. The minimum absolute atomic E-state index is 0.176. The Hall–Kier alpha value is -3.42. The Bertz CT molecular complexity index is 1050. The average molecular weight is 395 g/mol. The number of nitrogens with two attached hydrogens (primary N) is 1. The van der Waals surface area contributed by atoms with E-state index in [4.69, 9.17) is 5.73 Å². The predicted molar refractivity (Wildman–Crippen MR) is 106 cm³/mol. The summed E-state index contributed by atoms with van der Waals surface area (Å²) in [5.41, 5.74) is 7.91. The first-order valence-corrected chi connectivity index (χ1v) is 9.50. The highest BCUT2D eigenvalue weighted by Gasteiger charge is 2.29. The first kappa shape index (κ1) is 18.9. The molecule has 29 heavy (non-hydrogen) atoms. The number of piperidine rings is 1. The summed E-state index contributed by atoms with van der Waals surface area (Å²) >= 11 is 0. The lowest BCUT2D eigenvalue weighted by Crippen LogP contribution is -2.42. The summed E-state index contributed by atoms with van der Waals surface area (Å²) in [6.45, 7) is 0.918. The van der Waals surface area contributed by atoms with Gasteiger partial charge in [0.05, 0.1) is 11.4 Å². The molecule has 1 aliphatic rings. The van der Waals surface area contributed by atoms with Crippen molar-refractivity contribution in [3.8, 4) is 17.1 Å². The Labute approximate surface area is 167 Å². The molecule has 2 amide bonds. The largest absolute Gasteiger partial charge is 0.369 e. The summed E-state index contributed by atoms with van der Waals surface area (Å²) in [6.07, 6.45) is 3.01. The zero-order valence-corrected chi connectivity index (χ0v) is 16.1. The van der Waals surface area contributed by atoms with Gasteiger partial charge in [-0.05, 0) is 55.3 Å². The van der Waals surface area contributed by atoms with Crippen LogP contribution >= 0.6 is 0 Å². The van der Waals surface area contributed by atoms with Gasteiger partial charge < -0.3 is 15.2 Å². The highest BCUT2D eigenvalue weighted by molar-refractivity contribution is 5.94. The molecule has 1 saturated heterocycles. The molecule has 0 aliphatic carbocycles. The maximum absolute atomic E-state index is 13.4. The number of nitrogens with zero attached hydrogens (tertiary/aromatic N) is 4. The molecule has 0 atom stereocenters. The van der Waals surface area contributed by atoms with Crippen molar-refractivity contribution >= 4 is 11.8 Å². The van der Waals surface area contributed by atoms with Gasteiger partial charge in [0.2, 0.25) is 5.91 Å². The number of hydrogen-bond donors (Lipinski definition) is 1. The lowest BCUT2D eigenvalue weighted by atomic mass is 9.96. The molecule has 0 spiro atoms. The van der Waals surface area contributed by atoms with Crippen LogP contribution in [0.15, 0.2) is 48.7 Å². The van der Waals surface area contributed by atoms with E-state index >= 15 is 0 Å². The van der Waals surface area contributed by atoms with Gasteiger partial charge in [0.15, 0.2) is 0 Å². The fourth-order valence-corrected chi connectivity index (χ4v) is 3.69. The molecule has 1 fully saturated rings. The third-order valence-electron chi connectivity index (χ3n) is 5.39. The molecular formula is C21H22FN5O2. The molecule has 150 valence electrons. The van der Waals surface area contributed by atoms with E-state index in [0.717, 1.165) is 5.69 Å². The number of amides is 2. The van der Waals surface area contributed by atoms with Crippen molar-refractivity contribution in [1.82, 2.24) is 19.2 Å². The standard InChI is InChI=1S/C21H22FN5O2/c1-25-10-2-3-18(25)17-13-19(27(24-17)16-6-4-15(22)5-7-16)21(29)26-11-8-14(9-12-26)20(23)28/h2-7,10,13-14H,8-9,11-12H2,1H3,(H2,23,28). The molecule has 8 heteroatoms. The van der Waals surface area contributed by atoms with Crippen molar-refractivity contribution in [3.05, 3.63) is 60.2 Å². The topological polar surface area (TPSA) is 86.2 Å². The van der Waals surface area contributed by atoms with Crippen LogP contribution in [0.2, 0.25) is 0 Å². The lowest BCUT2D eigenvalue weighted by molar-refractivity contribution is -0.123. The molecule has 0 unspecified atom stereocenters. The van der Waals surface area contributed by atoms with Crippen LogP contribution in [0.4, 0.5) is 4.39 Å². The number of halogens is 1. The number of primary amides is 1. The first-order valence-electron chi connectivity index (χ1n) is 9.50.